The predicted molar refractivity (Wildman–Crippen MR) is 245 cm³/mol. The molecule has 11 aromatic rings. The Morgan fingerprint density at radius 3 is 2.17 bits per heavy atom. The van der Waals surface area contributed by atoms with E-state index in [0.29, 0.717) is 0 Å². The summed E-state index contributed by atoms with van der Waals surface area (Å²) in [5, 5.41) is 4.79. The zero-order valence-electron chi connectivity index (χ0n) is 33.7. The summed E-state index contributed by atoms with van der Waals surface area (Å²) in [7, 11) is 0. The van der Waals surface area contributed by atoms with Crippen molar-refractivity contribution in [3.63, 3.8) is 0 Å². The van der Waals surface area contributed by atoms with E-state index in [2.05, 4.69) is 181 Å². The molecule has 5 heterocycles. The third kappa shape index (κ3) is 5.58. The van der Waals surface area contributed by atoms with Gasteiger partial charge in [-0.3, -0.25) is 14.1 Å². The van der Waals surface area contributed by atoms with Gasteiger partial charge in [0.25, 0.3) is 0 Å². The fourth-order valence-electron chi connectivity index (χ4n) is 8.86. The van der Waals surface area contributed by atoms with Crippen LogP contribution in [0.25, 0.3) is 99.8 Å². The molecule has 0 amide bonds. The van der Waals surface area contributed by atoms with Gasteiger partial charge in [0.05, 0.1) is 27.6 Å². The Morgan fingerprint density at radius 2 is 1.32 bits per heavy atom. The number of pyridine rings is 2. The Bertz CT molecular complexity index is 3450. The molecule has 0 aliphatic heterocycles. The van der Waals surface area contributed by atoms with Crippen LogP contribution in [0.3, 0.4) is 0 Å². The van der Waals surface area contributed by atoms with Crippen molar-refractivity contribution in [2.75, 3.05) is 0 Å². The van der Waals surface area contributed by atoms with Gasteiger partial charge in [0.15, 0.2) is 0 Å². The Morgan fingerprint density at radius 1 is 0.525 bits per heavy atom. The number of aromatic nitrogens is 6. The third-order valence-electron chi connectivity index (χ3n) is 12.1. The van der Waals surface area contributed by atoms with Gasteiger partial charge in [-0.15, -0.1) is 0 Å². The standard InChI is InChI=1S/C53H42N6/c1-32-16-19-38(28-33(32)2)58-47-15-9-11-39(51(47)57-52(58)43-13-8-12-42-40-10-6-7-14-45(40)56-50(42)43)36-17-20-41-44-31-37(53(3,4)5)18-21-46(44)59(48(41)29-36)49-30-35(24-27-55-49)34-22-25-54-26-23-34/h6-31,56H,1-5H3. The van der Waals surface area contributed by atoms with Gasteiger partial charge >= 0.3 is 0 Å². The number of fused-ring (bicyclic) bond motifs is 7. The molecule has 11 rings (SSSR count). The molecular formula is C53H42N6. The van der Waals surface area contributed by atoms with Crippen LogP contribution >= 0.6 is 0 Å². The minimum absolute atomic E-state index is 0.00140. The summed E-state index contributed by atoms with van der Waals surface area (Å²) in [6.45, 7) is 11.2. The lowest BCUT2D eigenvalue weighted by Gasteiger charge is -2.19. The van der Waals surface area contributed by atoms with Gasteiger partial charge in [0, 0.05) is 62.5 Å². The van der Waals surface area contributed by atoms with E-state index in [0.717, 1.165) is 78.2 Å². The lowest BCUT2D eigenvalue weighted by atomic mass is 9.86. The largest absolute Gasteiger partial charge is 0.354 e. The van der Waals surface area contributed by atoms with E-state index >= 15 is 0 Å². The van der Waals surface area contributed by atoms with E-state index in [9.17, 15) is 0 Å². The average molecular weight is 763 g/mol. The molecule has 5 aromatic heterocycles. The van der Waals surface area contributed by atoms with E-state index in [1.165, 1.54) is 38.2 Å². The van der Waals surface area contributed by atoms with Crippen LogP contribution in [0.15, 0.2) is 158 Å². The maximum atomic E-state index is 5.61. The highest BCUT2D eigenvalue weighted by Gasteiger charge is 2.23. The van der Waals surface area contributed by atoms with Crippen LogP contribution in [0.5, 0.6) is 0 Å². The highest BCUT2D eigenvalue weighted by Crippen LogP contribution is 2.41. The predicted octanol–water partition coefficient (Wildman–Crippen LogP) is 13.5. The number of nitrogens with one attached hydrogen (secondary N) is 1. The Labute approximate surface area is 342 Å². The number of aryl methyl sites for hydroxylation is 2. The molecule has 0 saturated heterocycles. The SMILES string of the molecule is Cc1ccc(-n2c(-c3cccc4c3[nH]c3ccccc34)nc3c(-c4ccc5c6cc(C(C)(C)C)ccc6n(-c6cc(-c7ccncc7)ccn6)c5c4)cccc32)cc1C. The van der Waals surface area contributed by atoms with Crippen LogP contribution in [0.2, 0.25) is 0 Å². The highest BCUT2D eigenvalue weighted by molar-refractivity contribution is 6.13. The first kappa shape index (κ1) is 34.9. The molecule has 284 valence electrons. The van der Waals surface area contributed by atoms with Gasteiger partial charge in [-0.2, -0.15) is 0 Å². The first-order valence-corrected chi connectivity index (χ1v) is 20.3. The van der Waals surface area contributed by atoms with Crippen LogP contribution in [0.1, 0.15) is 37.5 Å². The first-order chi connectivity index (χ1) is 28.7. The number of para-hydroxylation sites is 3. The summed E-state index contributed by atoms with van der Waals surface area (Å²) in [5.41, 5.74) is 16.7. The fraction of sp³-hybridized carbons (Fsp3) is 0.113. The van der Waals surface area contributed by atoms with Gasteiger partial charge in [-0.25, -0.2) is 9.97 Å². The number of hydrogen-bond donors (Lipinski definition) is 1. The third-order valence-corrected chi connectivity index (χ3v) is 12.1. The number of H-pyrrole nitrogens is 1. The monoisotopic (exact) mass is 762 g/mol. The molecule has 0 saturated carbocycles. The second-order valence-corrected chi connectivity index (χ2v) is 16.8. The van der Waals surface area contributed by atoms with Crippen LogP contribution in [-0.4, -0.2) is 29.1 Å². The Kier molecular flexibility index (Phi) is 7.76. The summed E-state index contributed by atoms with van der Waals surface area (Å²) >= 11 is 0. The van der Waals surface area contributed by atoms with Crippen molar-refractivity contribution in [2.45, 2.75) is 40.0 Å². The van der Waals surface area contributed by atoms with Crippen molar-refractivity contribution in [1.29, 1.82) is 0 Å². The maximum absolute atomic E-state index is 5.61. The fourth-order valence-corrected chi connectivity index (χ4v) is 8.86. The molecule has 0 atom stereocenters. The smallest absolute Gasteiger partial charge is 0.147 e. The molecule has 0 aliphatic carbocycles. The number of benzene rings is 6. The lowest BCUT2D eigenvalue weighted by molar-refractivity contribution is 0.591. The Hall–Kier alpha value is -7.31. The van der Waals surface area contributed by atoms with Crippen LogP contribution < -0.4 is 0 Å². The van der Waals surface area contributed by atoms with Gasteiger partial charge in [-0.05, 0) is 125 Å². The first-order valence-electron chi connectivity index (χ1n) is 20.3. The maximum Gasteiger partial charge on any atom is 0.147 e. The molecule has 6 heteroatoms. The molecular weight excluding hydrogens is 721 g/mol. The summed E-state index contributed by atoms with van der Waals surface area (Å²) in [6, 6.07) is 50.5. The zero-order valence-corrected chi connectivity index (χ0v) is 33.7. The molecule has 59 heavy (non-hydrogen) atoms. The van der Waals surface area contributed by atoms with E-state index in [1.807, 2.05) is 30.7 Å². The van der Waals surface area contributed by atoms with E-state index < -0.39 is 0 Å². The zero-order chi connectivity index (χ0) is 40.0. The van der Waals surface area contributed by atoms with Crippen molar-refractivity contribution in [3.8, 4) is 45.1 Å². The topological polar surface area (TPSA) is 64.3 Å². The van der Waals surface area contributed by atoms with Gasteiger partial charge in [-0.1, -0.05) is 87.5 Å². The van der Waals surface area contributed by atoms with E-state index in [1.54, 1.807) is 0 Å². The summed E-state index contributed by atoms with van der Waals surface area (Å²) in [4.78, 5) is 18.6. The number of hydrogen-bond acceptors (Lipinski definition) is 3. The second kappa shape index (κ2) is 13.1. The summed E-state index contributed by atoms with van der Waals surface area (Å²) in [6.07, 6.45) is 5.58. The lowest BCUT2D eigenvalue weighted by Crippen LogP contribution is -2.10. The van der Waals surface area contributed by atoms with Gasteiger partial charge < -0.3 is 4.98 Å². The molecule has 6 aromatic carbocycles. The van der Waals surface area contributed by atoms with Crippen LogP contribution in [0.4, 0.5) is 0 Å². The van der Waals surface area contributed by atoms with Crippen molar-refractivity contribution in [3.05, 3.63) is 175 Å². The molecule has 0 unspecified atom stereocenters. The molecule has 0 radical (unpaired) electrons. The second-order valence-electron chi connectivity index (χ2n) is 16.8. The number of aromatic amines is 1. The molecule has 0 aliphatic rings. The van der Waals surface area contributed by atoms with Crippen molar-refractivity contribution < 1.29 is 0 Å². The number of rotatable bonds is 5. The molecule has 0 bridgehead atoms. The van der Waals surface area contributed by atoms with Crippen molar-refractivity contribution >= 4 is 54.6 Å². The average Bonchev–Trinajstić information content (AvgIpc) is 3.94. The quantitative estimate of drug-likeness (QED) is 0.190. The van der Waals surface area contributed by atoms with Crippen LogP contribution in [-0.2, 0) is 5.41 Å². The van der Waals surface area contributed by atoms with Crippen LogP contribution in [0, 0.1) is 13.8 Å². The highest BCUT2D eigenvalue weighted by atomic mass is 15.1. The number of nitrogens with zero attached hydrogens (tertiary/aromatic N) is 5. The number of imidazole rings is 1. The summed E-state index contributed by atoms with van der Waals surface area (Å²) in [5.74, 6) is 1.76. The molecule has 0 fully saturated rings. The van der Waals surface area contributed by atoms with Gasteiger partial charge in [0.1, 0.15) is 11.6 Å². The summed E-state index contributed by atoms with van der Waals surface area (Å²) < 4.78 is 4.66. The minimum Gasteiger partial charge on any atom is -0.354 e. The van der Waals surface area contributed by atoms with E-state index in [-0.39, 0.29) is 5.41 Å². The van der Waals surface area contributed by atoms with Gasteiger partial charge in [0.2, 0.25) is 0 Å². The molecule has 0 spiro atoms. The normalized spacial score (nSPS) is 12.2. The Balaban J connectivity index is 1.17. The molecule has 1 N–H and O–H groups in total. The van der Waals surface area contributed by atoms with E-state index in [4.69, 9.17) is 9.97 Å². The molecule has 6 nitrogen and oxygen atoms in total. The van der Waals surface area contributed by atoms with Crippen molar-refractivity contribution in [1.82, 2.24) is 29.1 Å². The minimum atomic E-state index is 0.00140. The van der Waals surface area contributed by atoms with Crippen molar-refractivity contribution in [2.24, 2.45) is 0 Å².